The Bertz CT molecular complexity index is 1430. The molecule has 33 heavy (non-hydrogen) atoms. The van der Waals surface area contributed by atoms with E-state index < -0.39 is 9.84 Å². The molecule has 3 aromatic heterocycles. The highest BCUT2D eigenvalue weighted by Crippen LogP contribution is 2.32. The van der Waals surface area contributed by atoms with E-state index in [1.807, 2.05) is 55.5 Å². The molecule has 0 radical (unpaired) electrons. The molecule has 5 rings (SSSR count). The third-order valence-corrected chi connectivity index (χ3v) is 7.61. The first-order chi connectivity index (χ1) is 15.9. The third kappa shape index (κ3) is 4.23. The first-order valence-electron chi connectivity index (χ1n) is 10.7. The van der Waals surface area contributed by atoms with Crippen LogP contribution in [0.5, 0.6) is 0 Å². The lowest BCUT2D eigenvalue weighted by Crippen LogP contribution is -2.24. The Morgan fingerprint density at radius 1 is 1.15 bits per heavy atom. The highest BCUT2D eigenvalue weighted by molar-refractivity contribution is 7.91. The maximum Gasteiger partial charge on any atom is 0.252 e. The van der Waals surface area contributed by atoms with Crippen molar-refractivity contribution < 1.29 is 13.2 Å². The van der Waals surface area contributed by atoms with Gasteiger partial charge in [0.15, 0.2) is 15.5 Å². The Labute approximate surface area is 191 Å². The molecule has 1 aliphatic heterocycles. The topological polar surface area (TPSA) is 107 Å². The van der Waals surface area contributed by atoms with E-state index in [2.05, 4.69) is 15.4 Å². The number of carbonyl (C=O) groups is 1. The second kappa shape index (κ2) is 8.40. The molecular formula is C24H23N5O3S. The number of nitrogens with zero attached hydrogens (tertiary/aromatic N) is 4. The van der Waals surface area contributed by atoms with Crippen molar-refractivity contribution >= 4 is 26.8 Å². The lowest BCUT2D eigenvalue weighted by Gasteiger charge is -2.12. The van der Waals surface area contributed by atoms with Gasteiger partial charge in [0.25, 0.3) is 5.91 Å². The number of benzene rings is 1. The number of nitrogens with one attached hydrogen (secondary N) is 1. The maximum atomic E-state index is 13.3. The summed E-state index contributed by atoms with van der Waals surface area (Å²) >= 11 is 0. The standard InChI is InChI=1S/C24H23N5O3S/c1-16-22-20(24(30)26-14-18-9-5-6-11-25-18)13-21(17-7-3-2-4-8-17)27-23(22)29(28-16)19-10-12-33(31,32)15-19/h2-9,11,13,19H,10,12,14-15H2,1H3,(H,26,30). The second-order valence-electron chi connectivity index (χ2n) is 8.21. The average Bonchev–Trinajstić information content (AvgIpc) is 3.36. The van der Waals surface area contributed by atoms with Crippen molar-refractivity contribution in [1.82, 2.24) is 25.1 Å². The maximum absolute atomic E-state index is 13.3. The number of pyridine rings is 2. The molecule has 0 bridgehead atoms. The van der Waals surface area contributed by atoms with E-state index in [4.69, 9.17) is 4.98 Å². The van der Waals surface area contributed by atoms with Crippen LogP contribution in [-0.2, 0) is 16.4 Å². The van der Waals surface area contributed by atoms with Gasteiger partial charge in [-0.3, -0.25) is 9.78 Å². The number of carbonyl (C=O) groups excluding carboxylic acids is 1. The monoisotopic (exact) mass is 461 g/mol. The lowest BCUT2D eigenvalue weighted by molar-refractivity contribution is 0.0952. The zero-order valence-corrected chi connectivity index (χ0v) is 18.9. The molecule has 1 amide bonds. The van der Waals surface area contributed by atoms with Crippen LogP contribution in [0.3, 0.4) is 0 Å². The zero-order valence-electron chi connectivity index (χ0n) is 18.1. The largest absolute Gasteiger partial charge is 0.346 e. The summed E-state index contributed by atoms with van der Waals surface area (Å²) in [5, 5.41) is 8.21. The van der Waals surface area contributed by atoms with E-state index >= 15 is 0 Å². The average molecular weight is 462 g/mol. The Morgan fingerprint density at radius 2 is 1.94 bits per heavy atom. The van der Waals surface area contributed by atoms with Gasteiger partial charge in [-0.05, 0) is 31.5 Å². The van der Waals surface area contributed by atoms with E-state index in [0.29, 0.717) is 34.4 Å². The number of fused-ring (bicyclic) bond motifs is 1. The molecule has 1 N–H and O–H groups in total. The van der Waals surface area contributed by atoms with Crippen molar-refractivity contribution in [1.29, 1.82) is 0 Å². The van der Waals surface area contributed by atoms with Gasteiger partial charge in [-0.2, -0.15) is 5.10 Å². The van der Waals surface area contributed by atoms with Crippen LogP contribution in [0.2, 0.25) is 0 Å². The number of amides is 1. The van der Waals surface area contributed by atoms with E-state index in [1.165, 1.54) is 0 Å². The zero-order chi connectivity index (χ0) is 23.0. The number of aryl methyl sites for hydroxylation is 1. The molecule has 1 unspecified atom stereocenters. The molecule has 0 saturated carbocycles. The van der Waals surface area contributed by atoms with E-state index in [-0.39, 0.29) is 30.0 Å². The number of rotatable bonds is 5. The molecule has 1 saturated heterocycles. The second-order valence-corrected chi connectivity index (χ2v) is 10.4. The third-order valence-electron chi connectivity index (χ3n) is 5.86. The summed E-state index contributed by atoms with van der Waals surface area (Å²) in [6, 6.07) is 16.6. The summed E-state index contributed by atoms with van der Waals surface area (Å²) in [5.41, 5.74) is 3.88. The molecule has 1 atom stereocenters. The predicted molar refractivity (Wildman–Crippen MR) is 125 cm³/mol. The molecule has 4 aromatic rings. The molecule has 0 aliphatic carbocycles. The molecule has 0 spiro atoms. The minimum absolute atomic E-state index is 0.0294. The van der Waals surface area contributed by atoms with Crippen LogP contribution in [0.15, 0.2) is 60.8 Å². The van der Waals surface area contributed by atoms with Gasteiger partial charge in [0.05, 0.1) is 52.1 Å². The number of hydrogen-bond donors (Lipinski definition) is 1. The first-order valence-corrected chi connectivity index (χ1v) is 12.6. The number of sulfone groups is 1. The molecule has 9 heteroatoms. The van der Waals surface area contributed by atoms with Crippen LogP contribution in [-0.4, -0.2) is 45.6 Å². The fourth-order valence-corrected chi connectivity index (χ4v) is 5.93. The lowest BCUT2D eigenvalue weighted by atomic mass is 10.0. The van der Waals surface area contributed by atoms with Crippen LogP contribution in [0.1, 0.15) is 34.2 Å². The van der Waals surface area contributed by atoms with Crippen LogP contribution >= 0.6 is 0 Å². The highest BCUT2D eigenvalue weighted by Gasteiger charge is 2.32. The van der Waals surface area contributed by atoms with Crippen LogP contribution in [0.4, 0.5) is 0 Å². The van der Waals surface area contributed by atoms with Crippen molar-refractivity contribution in [2.75, 3.05) is 11.5 Å². The predicted octanol–water partition coefficient (Wildman–Crippen LogP) is 3.09. The molecule has 1 aromatic carbocycles. The SMILES string of the molecule is Cc1nn(C2CCS(=O)(=O)C2)c2nc(-c3ccccc3)cc(C(=O)NCc3ccccn3)c12. The fourth-order valence-electron chi connectivity index (χ4n) is 4.24. The summed E-state index contributed by atoms with van der Waals surface area (Å²) in [6.07, 6.45) is 2.17. The summed E-state index contributed by atoms with van der Waals surface area (Å²) in [7, 11) is -3.11. The van der Waals surface area contributed by atoms with E-state index in [0.717, 1.165) is 11.3 Å². The minimum atomic E-state index is -3.11. The summed E-state index contributed by atoms with van der Waals surface area (Å²) in [6.45, 7) is 2.11. The minimum Gasteiger partial charge on any atom is -0.346 e. The van der Waals surface area contributed by atoms with Crippen molar-refractivity contribution in [2.24, 2.45) is 0 Å². The van der Waals surface area contributed by atoms with Gasteiger partial charge < -0.3 is 5.32 Å². The molecular weight excluding hydrogens is 438 g/mol. The van der Waals surface area contributed by atoms with Gasteiger partial charge in [-0.15, -0.1) is 0 Å². The van der Waals surface area contributed by atoms with Gasteiger partial charge in [-0.1, -0.05) is 36.4 Å². The Morgan fingerprint density at radius 3 is 2.64 bits per heavy atom. The van der Waals surface area contributed by atoms with Gasteiger partial charge in [-0.25, -0.2) is 18.1 Å². The number of aromatic nitrogens is 4. The summed E-state index contributed by atoms with van der Waals surface area (Å²) in [5.74, 6) is -0.0952. The Hall–Kier alpha value is -3.59. The van der Waals surface area contributed by atoms with Crippen molar-refractivity contribution in [2.45, 2.75) is 25.9 Å². The first kappa shape index (κ1) is 21.3. The fraction of sp³-hybridized carbons (Fsp3) is 0.250. The van der Waals surface area contributed by atoms with Crippen LogP contribution < -0.4 is 5.32 Å². The van der Waals surface area contributed by atoms with Gasteiger partial charge in [0.1, 0.15) is 0 Å². The molecule has 1 aliphatic rings. The van der Waals surface area contributed by atoms with Gasteiger partial charge in [0, 0.05) is 11.8 Å². The normalized spacial score (nSPS) is 17.3. The summed E-state index contributed by atoms with van der Waals surface area (Å²) in [4.78, 5) is 22.4. The highest BCUT2D eigenvalue weighted by atomic mass is 32.2. The Kier molecular flexibility index (Phi) is 5.41. The van der Waals surface area contributed by atoms with Crippen molar-refractivity contribution in [3.05, 3.63) is 77.7 Å². The van der Waals surface area contributed by atoms with Crippen LogP contribution in [0, 0.1) is 6.92 Å². The molecule has 8 nitrogen and oxygen atoms in total. The molecule has 168 valence electrons. The van der Waals surface area contributed by atoms with Crippen molar-refractivity contribution in [3.8, 4) is 11.3 Å². The summed E-state index contributed by atoms with van der Waals surface area (Å²) < 4.78 is 25.9. The van der Waals surface area contributed by atoms with Gasteiger partial charge in [0.2, 0.25) is 0 Å². The quantitative estimate of drug-likeness (QED) is 0.489. The molecule has 1 fully saturated rings. The smallest absolute Gasteiger partial charge is 0.252 e. The van der Waals surface area contributed by atoms with Crippen molar-refractivity contribution in [3.63, 3.8) is 0 Å². The Balaban J connectivity index is 1.61. The number of hydrogen-bond acceptors (Lipinski definition) is 6. The van der Waals surface area contributed by atoms with E-state index in [9.17, 15) is 13.2 Å². The van der Waals surface area contributed by atoms with E-state index in [1.54, 1.807) is 16.9 Å². The van der Waals surface area contributed by atoms with Gasteiger partial charge >= 0.3 is 0 Å². The van der Waals surface area contributed by atoms with Crippen LogP contribution in [0.25, 0.3) is 22.3 Å². The molecule has 4 heterocycles.